The van der Waals surface area contributed by atoms with Crippen LogP contribution in [0.25, 0.3) is 0 Å². The van der Waals surface area contributed by atoms with E-state index < -0.39 is 5.97 Å². The maximum Gasteiger partial charge on any atom is 0.339 e. The second-order valence-corrected chi connectivity index (χ2v) is 7.30. The number of hydrogen-bond donors (Lipinski definition) is 1. The molecule has 2 aromatic carbocycles. The van der Waals surface area contributed by atoms with Gasteiger partial charge in [0.2, 0.25) is 0 Å². The second kappa shape index (κ2) is 7.71. The van der Waals surface area contributed by atoms with Crippen molar-refractivity contribution in [1.29, 1.82) is 0 Å². The second-order valence-electron chi connectivity index (χ2n) is 6.39. The van der Waals surface area contributed by atoms with Crippen LogP contribution in [0.2, 0.25) is 0 Å². The van der Waals surface area contributed by atoms with Gasteiger partial charge in [0, 0.05) is 10.0 Å². The summed E-state index contributed by atoms with van der Waals surface area (Å²) < 4.78 is 12.4. The van der Waals surface area contributed by atoms with E-state index in [4.69, 9.17) is 14.6 Å². The van der Waals surface area contributed by atoms with Gasteiger partial charge in [-0.05, 0) is 35.7 Å². The maximum absolute atomic E-state index is 11.1. The quantitative estimate of drug-likeness (QED) is 0.710. The predicted molar refractivity (Wildman–Crippen MR) is 97.2 cm³/mol. The fourth-order valence-electron chi connectivity index (χ4n) is 2.29. The van der Waals surface area contributed by atoms with E-state index in [1.54, 1.807) is 18.2 Å². The minimum absolute atomic E-state index is 0.0458. The summed E-state index contributed by atoms with van der Waals surface area (Å²) in [4.78, 5) is 11.1. The Kier molecular flexibility index (Phi) is 5.89. The first kappa shape index (κ1) is 18.3. The van der Waals surface area contributed by atoms with Gasteiger partial charge in [-0.15, -0.1) is 0 Å². The van der Waals surface area contributed by atoms with Gasteiger partial charge in [0.05, 0.1) is 0 Å². The number of carboxylic acids is 1. The van der Waals surface area contributed by atoms with Crippen molar-refractivity contribution in [2.45, 2.75) is 26.2 Å². The summed E-state index contributed by atoms with van der Waals surface area (Å²) >= 11 is 3.49. The van der Waals surface area contributed by atoms with Crippen molar-refractivity contribution in [3.63, 3.8) is 0 Å². The molecule has 0 atom stereocenters. The molecule has 0 saturated heterocycles. The lowest BCUT2D eigenvalue weighted by atomic mass is 9.86. The third-order valence-corrected chi connectivity index (χ3v) is 3.96. The molecular formula is C19H21BrO4. The lowest BCUT2D eigenvalue weighted by molar-refractivity contribution is 0.0691. The number of benzene rings is 2. The zero-order valence-electron chi connectivity index (χ0n) is 14.0. The highest BCUT2D eigenvalue weighted by Crippen LogP contribution is 2.33. The number of rotatable bonds is 6. The molecule has 0 radical (unpaired) electrons. The first-order valence-corrected chi connectivity index (χ1v) is 8.46. The molecule has 2 rings (SSSR count). The van der Waals surface area contributed by atoms with Gasteiger partial charge in [-0.1, -0.05) is 48.8 Å². The summed E-state index contributed by atoms with van der Waals surface area (Å²) in [5, 5.41) is 9.14. The van der Waals surface area contributed by atoms with Crippen LogP contribution in [0.15, 0.2) is 46.9 Å². The van der Waals surface area contributed by atoms with Gasteiger partial charge in [-0.2, -0.15) is 0 Å². The van der Waals surface area contributed by atoms with Gasteiger partial charge in [-0.3, -0.25) is 0 Å². The number of ether oxygens (including phenoxy) is 2. The summed E-state index contributed by atoms with van der Waals surface area (Å²) in [6.45, 7) is 6.98. The van der Waals surface area contributed by atoms with Crippen LogP contribution in [-0.2, 0) is 5.41 Å². The Morgan fingerprint density at radius 2 is 1.67 bits per heavy atom. The third kappa shape index (κ3) is 4.74. The molecule has 0 aliphatic carbocycles. The summed E-state index contributed by atoms with van der Waals surface area (Å²) in [6.07, 6.45) is 0. The number of halogens is 1. The lowest BCUT2D eigenvalue weighted by Gasteiger charge is -2.23. The molecule has 2 aromatic rings. The van der Waals surface area contributed by atoms with Crippen LogP contribution < -0.4 is 9.47 Å². The van der Waals surface area contributed by atoms with Crippen LogP contribution in [0.3, 0.4) is 0 Å². The minimum Gasteiger partial charge on any atom is -0.490 e. The molecule has 5 heteroatoms. The Labute approximate surface area is 150 Å². The summed E-state index contributed by atoms with van der Waals surface area (Å²) in [5.74, 6) is 0.149. The highest BCUT2D eigenvalue weighted by molar-refractivity contribution is 9.10. The average molecular weight is 393 g/mol. The molecule has 0 heterocycles. The van der Waals surface area contributed by atoms with E-state index in [1.807, 2.05) is 12.1 Å². The van der Waals surface area contributed by atoms with Crippen molar-refractivity contribution in [3.05, 3.63) is 58.1 Å². The SMILES string of the molecule is CC(C)(C)c1cc(Br)ccc1OCCOc1ccccc1C(=O)O. The van der Waals surface area contributed by atoms with Gasteiger partial charge in [0.15, 0.2) is 0 Å². The Balaban J connectivity index is 2.00. The van der Waals surface area contributed by atoms with Crippen LogP contribution in [0.4, 0.5) is 0 Å². The van der Waals surface area contributed by atoms with Crippen molar-refractivity contribution in [2.75, 3.05) is 13.2 Å². The van der Waals surface area contributed by atoms with E-state index in [2.05, 4.69) is 42.8 Å². The monoisotopic (exact) mass is 392 g/mol. The van der Waals surface area contributed by atoms with Crippen molar-refractivity contribution >= 4 is 21.9 Å². The standard InChI is InChI=1S/C19H21BrO4/c1-19(2,3)15-12-13(20)8-9-17(15)24-11-10-23-16-7-5-4-6-14(16)18(21)22/h4-9,12H,10-11H2,1-3H3,(H,21,22). The van der Waals surface area contributed by atoms with E-state index in [1.165, 1.54) is 6.07 Å². The van der Waals surface area contributed by atoms with E-state index >= 15 is 0 Å². The van der Waals surface area contributed by atoms with E-state index in [9.17, 15) is 4.79 Å². The smallest absolute Gasteiger partial charge is 0.339 e. The molecule has 0 amide bonds. The molecule has 0 fully saturated rings. The maximum atomic E-state index is 11.1. The van der Waals surface area contributed by atoms with Crippen molar-refractivity contribution in [2.24, 2.45) is 0 Å². The third-order valence-electron chi connectivity index (χ3n) is 3.47. The number of aromatic carboxylic acids is 1. The molecule has 0 aromatic heterocycles. The first-order valence-electron chi connectivity index (χ1n) is 7.67. The Morgan fingerprint density at radius 3 is 2.29 bits per heavy atom. The molecule has 0 spiro atoms. The topological polar surface area (TPSA) is 55.8 Å². The molecule has 1 N–H and O–H groups in total. The molecule has 0 aliphatic rings. The molecular weight excluding hydrogens is 372 g/mol. The minimum atomic E-state index is -1.01. The Hall–Kier alpha value is -2.01. The molecule has 0 unspecified atom stereocenters. The van der Waals surface area contributed by atoms with Crippen molar-refractivity contribution in [1.82, 2.24) is 0 Å². The summed E-state index contributed by atoms with van der Waals surface area (Å²) in [6, 6.07) is 12.5. The summed E-state index contributed by atoms with van der Waals surface area (Å²) in [5.41, 5.74) is 1.20. The van der Waals surface area contributed by atoms with Crippen LogP contribution in [-0.4, -0.2) is 24.3 Å². The highest BCUT2D eigenvalue weighted by atomic mass is 79.9. The fraction of sp³-hybridized carbons (Fsp3) is 0.316. The largest absolute Gasteiger partial charge is 0.490 e. The number of para-hydroxylation sites is 1. The van der Waals surface area contributed by atoms with E-state index in [-0.39, 0.29) is 17.6 Å². The highest BCUT2D eigenvalue weighted by Gasteiger charge is 2.19. The van der Waals surface area contributed by atoms with E-state index in [0.29, 0.717) is 12.4 Å². The normalized spacial score (nSPS) is 11.2. The molecule has 0 saturated carbocycles. The van der Waals surface area contributed by atoms with Gasteiger partial charge < -0.3 is 14.6 Å². The van der Waals surface area contributed by atoms with Crippen LogP contribution >= 0.6 is 15.9 Å². The zero-order valence-corrected chi connectivity index (χ0v) is 15.6. The summed E-state index contributed by atoms with van der Waals surface area (Å²) in [7, 11) is 0. The Morgan fingerprint density at radius 1 is 1.04 bits per heavy atom. The van der Waals surface area contributed by atoms with Gasteiger partial charge >= 0.3 is 5.97 Å². The lowest BCUT2D eigenvalue weighted by Crippen LogP contribution is -2.16. The van der Waals surface area contributed by atoms with Gasteiger partial charge in [0.25, 0.3) is 0 Å². The van der Waals surface area contributed by atoms with Crippen molar-refractivity contribution < 1.29 is 19.4 Å². The Bertz CT molecular complexity index is 720. The van der Waals surface area contributed by atoms with Crippen LogP contribution in [0.1, 0.15) is 36.7 Å². The first-order chi connectivity index (χ1) is 11.3. The molecule has 128 valence electrons. The van der Waals surface area contributed by atoms with Crippen molar-refractivity contribution in [3.8, 4) is 11.5 Å². The van der Waals surface area contributed by atoms with E-state index in [0.717, 1.165) is 15.8 Å². The molecule has 0 bridgehead atoms. The predicted octanol–water partition coefficient (Wildman–Crippen LogP) is 4.90. The fourth-order valence-corrected chi connectivity index (χ4v) is 2.65. The molecule has 4 nitrogen and oxygen atoms in total. The van der Waals surface area contributed by atoms with Crippen LogP contribution in [0.5, 0.6) is 11.5 Å². The van der Waals surface area contributed by atoms with Gasteiger partial charge in [0.1, 0.15) is 30.3 Å². The number of carbonyl (C=O) groups is 1. The van der Waals surface area contributed by atoms with Gasteiger partial charge in [-0.25, -0.2) is 4.79 Å². The zero-order chi connectivity index (χ0) is 17.7. The number of hydrogen-bond acceptors (Lipinski definition) is 3. The van der Waals surface area contributed by atoms with Crippen LogP contribution in [0, 0.1) is 0 Å². The average Bonchev–Trinajstić information content (AvgIpc) is 2.52. The number of carboxylic acid groups (broad SMARTS) is 1. The molecule has 24 heavy (non-hydrogen) atoms. The molecule has 0 aliphatic heterocycles.